The van der Waals surface area contributed by atoms with Crippen LogP contribution in [0.25, 0.3) is 0 Å². The molecule has 1 aliphatic carbocycles. The summed E-state index contributed by atoms with van der Waals surface area (Å²) in [6.07, 6.45) is 8.24. The fourth-order valence-corrected chi connectivity index (χ4v) is 5.53. The standard InChI is InChI=1S/C23H30N2O3S/c1-17(2)18-10-12-21(13-11-18)29(27,28)22(20-9-6-14-24-15-20)16-25-23(26)19-7-4-3-5-8-19/h6,9-15,17,19,22H,3-5,7-8,16H2,1-2H3,(H,25,26)/t22-/m1/s1. The number of nitrogens with zero attached hydrogens (tertiary/aromatic N) is 1. The van der Waals surface area contributed by atoms with Crippen molar-refractivity contribution in [3.8, 4) is 0 Å². The molecule has 1 amide bonds. The molecular weight excluding hydrogens is 384 g/mol. The van der Waals surface area contributed by atoms with Gasteiger partial charge in [-0.05, 0) is 48.1 Å². The monoisotopic (exact) mass is 414 g/mol. The van der Waals surface area contributed by atoms with E-state index < -0.39 is 15.1 Å². The SMILES string of the molecule is CC(C)c1ccc(S(=O)(=O)[C@H](CNC(=O)C2CCCCC2)c2cccnc2)cc1. The molecule has 0 saturated heterocycles. The third-order valence-corrected chi connectivity index (χ3v) is 7.86. The molecule has 0 aliphatic heterocycles. The lowest BCUT2D eigenvalue weighted by Crippen LogP contribution is -2.36. The molecule has 0 unspecified atom stereocenters. The fraction of sp³-hybridized carbons (Fsp3) is 0.478. The van der Waals surface area contributed by atoms with E-state index in [9.17, 15) is 13.2 Å². The first-order valence-corrected chi connectivity index (χ1v) is 12.0. The predicted octanol–water partition coefficient (Wildman–Crippen LogP) is 4.42. The lowest BCUT2D eigenvalue weighted by molar-refractivity contribution is -0.125. The Hall–Kier alpha value is -2.21. The maximum Gasteiger partial charge on any atom is 0.223 e. The van der Waals surface area contributed by atoms with Gasteiger partial charge < -0.3 is 5.32 Å². The van der Waals surface area contributed by atoms with Gasteiger partial charge in [0.25, 0.3) is 0 Å². The average Bonchev–Trinajstić information content (AvgIpc) is 2.75. The molecule has 1 N–H and O–H groups in total. The first kappa shape index (κ1) is 21.5. The number of benzene rings is 1. The zero-order chi connectivity index (χ0) is 20.9. The second-order valence-electron chi connectivity index (χ2n) is 8.12. The van der Waals surface area contributed by atoms with Gasteiger partial charge in [0.1, 0.15) is 5.25 Å². The van der Waals surface area contributed by atoms with Gasteiger partial charge in [0.2, 0.25) is 5.91 Å². The molecule has 1 atom stereocenters. The molecule has 1 aromatic heterocycles. The Kier molecular flexibility index (Phi) is 7.06. The first-order valence-electron chi connectivity index (χ1n) is 10.4. The average molecular weight is 415 g/mol. The minimum absolute atomic E-state index is 0.00803. The van der Waals surface area contributed by atoms with Gasteiger partial charge in [0.05, 0.1) is 4.90 Å². The minimum atomic E-state index is -3.68. The van der Waals surface area contributed by atoms with Crippen molar-refractivity contribution in [2.45, 2.75) is 62.0 Å². The van der Waals surface area contributed by atoms with Crippen molar-refractivity contribution >= 4 is 15.7 Å². The second-order valence-corrected chi connectivity index (χ2v) is 10.3. The third-order valence-electron chi connectivity index (χ3n) is 5.74. The Balaban J connectivity index is 1.83. The minimum Gasteiger partial charge on any atom is -0.354 e. The molecule has 1 fully saturated rings. The Morgan fingerprint density at radius 3 is 2.34 bits per heavy atom. The van der Waals surface area contributed by atoms with Gasteiger partial charge in [-0.3, -0.25) is 9.78 Å². The number of hydrogen-bond acceptors (Lipinski definition) is 4. The number of aromatic nitrogens is 1. The van der Waals surface area contributed by atoms with Crippen LogP contribution < -0.4 is 5.32 Å². The summed E-state index contributed by atoms with van der Waals surface area (Å²) in [6.45, 7) is 4.20. The van der Waals surface area contributed by atoms with Gasteiger partial charge in [0, 0.05) is 24.9 Å². The maximum absolute atomic E-state index is 13.4. The predicted molar refractivity (Wildman–Crippen MR) is 114 cm³/mol. The fourth-order valence-electron chi connectivity index (χ4n) is 3.88. The van der Waals surface area contributed by atoms with Crippen molar-refractivity contribution < 1.29 is 13.2 Å². The molecule has 6 heteroatoms. The van der Waals surface area contributed by atoms with E-state index in [-0.39, 0.29) is 23.3 Å². The molecule has 1 aromatic carbocycles. The van der Waals surface area contributed by atoms with Gasteiger partial charge in [-0.25, -0.2) is 8.42 Å². The molecule has 2 aromatic rings. The molecule has 0 radical (unpaired) electrons. The number of amides is 1. The van der Waals surface area contributed by atoms with Crippen LogP contribution in [0.15, 0.2) is 53.7 Å². The van der Waals surface area contributed by atoms with Gasteiger partial charge in [-0.1, -0.05) is 51.3 Å². The summed E-state index contributed by atoms with van der Waals surface area (Å²) >= 11 is 0. The zero-order valence-electron chi connectivity index (χ0n) is 17.2. The van der Waals surface area contributed by atoms with E-state index in [0.29, 0.717) is 11.5 Å². The summed E-state index contributed by atoms with van der Waals surface area (Å²) in [4.78, 5) is 17.0. The third kappa shape index (κ3) is 5.24. The lowest BCUT2D eigenvalue weighted by atomic mass is 9.88. The summed E-state index contributed by atoms with van der Waals surface area (Å²) in [5, 5.41) is 2.04. The van der Waals surface area contributed by atoms with E-state index >= 15 is 0 Å². The van der Waals surface area contributed by atoms with Crippen molar-refractivity contribution in [1.29, 1.82) is 0 Å². The summed E-state index contributed by atoms with van der Waals surface area (Å²) < 4.78 is 26.8. The van der Waals surface area contributed by atoms with E-state index in [0.717, 1.165) is 31.2 Å². The number of sulfone groups is 1. The molecular formula is C23H30N2O3S. The van der Waals surface area contributed by atoms with E-state index in [1.807, 2.05) is 12.1 Å². The number of carbonyl (C=O) groups is 1. The Morgan fingerprint density at radius 2 is 1.76 bits per heavy atom. The van der Waals surface area contributed by atoms with Crippen molar-refractivity contribution in [2.75, 3.05) is 6.54 Å². The number of hydrogen-bond donors (Lipinski definition) is 1. The highest BCUT2D eigenvalue weighted by molar-refractivity contribution is 7.91. The highest BCUT2D eigenvalue weighted by Gasteiger charge is 2.31. The van der Waals surface area contributed by atoms with Gasteiger partial charge in [-0.2, -0.15) is 0 Å². The second kappa shape index (κ2) is 9.53. The zero-order valence-corrected chi connectivity index (χ0v) is 18.0. The van der Waals surface area contributed by atoms with E-state index in [2.05, 4.69) is 24.1 Å². The highest BCUT2D eigenvalue weighted by atomic mass is 32.2. The molecule has 29 heavy (non-hydrogen) atoms. The molecule has 0 spiro atoms. The topological polar surface area (TPSA) is 76.1 Å². The van der Waals surface area contributed by atoms with E-state index in [4.69, 9.17) is 0 Å². The maximum atomic E-state index is 13.4. The Bertz CT molecular complexity index is 903. The number of carbonyl (C=O) groups excluding carboxylic acids is 1. The van der Waals surface area contributed by atoms with Gasteiger partial charge in [-0.15, -0.1) is 0 Å². The van der Waals surface area contributed by atoms with Crippen LogP contribution in [0.4, 0.5) is 0 Å². The molecule has 1 aliphatic rings. The molecule has 5 nitrogen and oxygen atoms in total. The van der Waals surface area contributed by atoms with Crippen LogP contribution in [0.2, 0.25) is 0 Å². The van der Waals surface area contributed by atoms with Crippen LogP contribution in [0, 0.1) is 5.92 Å². The van der Waals surface area contributed by atoms with Crippen molar-refractivity contribution in [1.82, 2.24) is 10.3 Å². The van der Waals surface area contributed by atoms with Gasteiger partial charge in [0.15, 0.2) is 9.84 Å². The van der Waals surface area contributed by atoms with Crippen LogP contribution in [0.3, 0.4) is 0 Å². The first-order chi connectivity index (χ1) is 13.9. The Morgan fingerprint density at radius 1 is 1.07 bits per heavy atom. The summed E-state index contributed by atoms with van der Waals surface area (Å²) in [7, 11) is -3.68. The number of pyridine rings is 1. The number of rotatable bonds is 7. The Labute approximate surface area is 173 Å². The molecule has 156 valence electrons. The highest BCUT2D eigenvalue weighted by Crippen LogP contribution is 2.30. The van der Waals surface area contributed by atoms with E-state index in [1.165, 1.54) is 6.42 Å². The van der Waals surface area contributed by atoms with Crippen LogP contribution in [-0.4, -0.2) is 25.9 Å². The van der Waals surface area contributed by atoms with Crippen molar-refractivity contribution in [3.63, 3.8) is 0 Å². The summed E-state index contributed by atoms with van der Waals surface area (Å²) in [5.74, 6) is 0.283. The van der Waals surface area contributed by atoms with Crippen LogP contribution in [0.1, 0.15) is 68.2 Å². The summed E-state index contributed by atoms with van der Waals surface area (Å²) in [6, 6.07) is 10.5. The van der Waals surface area contributed by atoms with Crippen molar-refractivity contribution in [2.24, 2.45) is 5.92 Å². The molecule has 1 heterocycles. The molecule has 1 saturated carbocycles. The number of nitrogens with one attached hydrogen (secondary N) is 1. The lowest BCUT2D eigenvalue weighted by Gasteiger charge is -2.23. The summed E-state index contributed by atoms with van der Waals surface area (Å²) in [5.41, 5.74) is 1.68. The smallest absolute Gasteiger partial charge is 0.223 e. The molecule has 0 bridgehead atoms. The van der Waals surface area contributed by atoms with Crippen LogP contribution in [-0.2, 0) is 14.6 Å². The van der Waals surface area contributed by atoms with Crippen molar-refractivity contribution in [3.05, 3.63) is 59.9 Å². The largest absolute Gasteiger partial charge is 0.354 e. The normalized spacial score (nSPS) is 16.5. The van der Waals surface area contributed by atoms with Crippen LogP contribution in [0.5, 0.6) is 0 Å². The van der Waals surface area contributed by atoms with Crippen LogP contribution >= 0.6 is 0 Å². The quantitative estimate of drug-likeness (QED) is 0.728. The van der Waals surface area contributed by atoms with Gasteiger partial charge >= 0.3 is 0 Å². The molecule has 3 rings (SSSR count). The van der Waals surface area contributed by atoms with E-state index in [1.54, 1.807) is 36.7 Å².